The highest BCUT2D eigenvalue weighted by atomic mass is 16.5. The maximum atomic E-state index is 12.2. The highest BCUT2D eigenvalue weighted by molar-refractivity contribution is 5.95. The van der Waals surface area contributed by atoms with Crippen LogP contribution < -0.4 is 19.6 Å². The van der Waals surface area contributed by atoms with Crippen LogP contribution in [0.15, 0.2) is 41.5 Å². The number of carbonyl (C=O) groups excluding carboxylic acids is 1. The van der Waals surface area contributed by atoms with Crippen molar-refractivity contribution in [2.45, 2.75) is 19.8 Å². The Morgan fingerprint density at radius 3 is 2.04 bits per heavy atom. The van der Waals surface area contributed by atoms with Crippen LogP contribution in [0.25, 0.3) is 0 Å². The van der Waals surface area contributed by atoms with Gasteiger partial charge in [-0.15, -0.1) is 0 Å². The zero-order chi connectivity index (χ0) is 19.1. The molecule has 0 aliphatic heterocycles. The molecule has 138 valence electrons. The fourth-order valence-electron chi connectivity index (χ4n) is 2.43. The summed E-state index contributed by atoms with van der Waals surface area (Å²) in [7, 11) is 4.63. The molecular weight excluding hydrogens is 332 g/mol. The standard InChI is InChI=1S/C20H24N2O4/c1-13(2)15-6-8-16(9-7-15)20(23)22-21-12-14-10-17(24-3)19(26-5)18(11-14)25-4/h6-13H,1-5H3,(H,22,23)/b21-12+. The Balaban J connectivity index is 2.11. The molecule has 2 aromatic rings. The summed E-state index contributed by atoms with van der Waals surface area (Å²) < 4.78 is 15.9. The van der Waals surface area contributed by atoms with Gasteiger partial charge in [-0.3, -0.25) is 4.79 Å². The van der Waals surface area contributed by atoms with Crippen LogP contribution >= 0.6 is 0 Å². The van der Waals surface area contributed by atoms with E-state index >= 15 is 0 Å². The molecule has 6 heteroatoms. The predicted molar refractivity (Wildman–Crippen MR) is 102 cm³/mol. The van der Waals surface area contributed by atoms with E-state index in [4.69, 9.17) is 14.2 Å². The van der Waals surface area contributed by atoms with Crippen LogP contribution in [-0.4, -0.2) is 33.5 Å². The largest absolute Gasteiger partial charge is 0.493 e. The lowest BCUT2D eigenvalue weighted by Crippen LogP contribution is -2.17. The van der Waals surface area contributed by atoms with Crippen LogP contribution in [0.3, 0.4) is 0 Å². The third-order valence-electron chi connectivity index (χ3n) is 3.91. The van der Waals surface area contributed by atoms with E-state index < -0.39 is 0 Å². The van der Waals surface area contributed by atoms with Crippen molar-refractivity contribution in [3.05, 3.63) is 53.1 Å². The molecule has 6 nitrogen and oxygen atoms in total. The summed E-state index contributed by atoms with van der Waals surface area (Å²) in [6, 6.07) is 11.0. The molecule has 0 saturated heterocycles. The number of hydrogen-bond acceptors (Lipinski definition) is 5. The number of benzene rings is 2. The monoisotopic (exact) mass is 356 g/mol. The lowest BCUT2D eigenvalue weighted by Gasteiger charge is -2.12. The SMILES string of the molecule is COc1cc(/C=N/NC(=O)c2ccc(C(C)C)cc2)cc(OC)c1OC. The molecule has 0 heterocycles. The van der Waals surface area contributed by atoms with Gasteiger partial charge in [0.05, 0.1) is 27.5 Å². The van der Waals surface area contributed by atoms with Crippen LogP contribution in [0.1, 0.15) is 41.3 Å². The lowest BCUT2D eigenvalue weighted by atomic mass is 10.0. The van der Waals surface area contributed by atoms with Crippen LogP contribution in [0.2, 0.25) is 0 Å². The van der Waals surface area contributed by atoms with Gasteiger partial charge >= 0.3 is 0 Å². The molecular formula is C20H24N2O4. The first-order valence-electron chi connectivity index (χ1n) is 8.23. The third-order valence-corrected chi connectivity index (χ3v) is 3.91. The van der Waals surface area contributed by atoms with Gasteiger partial charge in [-0.05, 0) is 35.7 Å². The van der Waals surface area contributed by atoms with Crippen LogP contribution in [0, 0.1) is 0 Å². The molecule has 0 bridgehead atoms. The molecule has 0 spiro atoms. The summed E-state index contributed by atoms with van der Waals surface area (Å²) in [5.74, 6) is 1.68. The second-order valence-corrected chi connectivity index (χ2v) is 5.93. The van der Waals surface area contributed by atoms with Crippen molar-refractivity contribution in [3.63, 3.8) is 0 Å². The fourth-order valence-corrected chi connectivity index (χ4v) is 2.43. The van der Waals surface area contributed by atoms with Gasteiger partial charge in [0.25, 0.3) is 5.91 Å². The van der Waals surface area contributed by atoms with Gasteiger partial charge in [-0.2, -0.15) is 5.10 Å². The molecule has 0 aliphatic rings. The van der Waals surface area contributed by atoms with Crippen LogP contribution in [-0.2, 0) is 0 Å². The average Bonchev–Trinajstić information content (AvgIpc) is 2.66. The second kappa shape index (κ2) is 8.89. The van der Waals surface area contributed by atoms with Crippen molar-refractivity contribution in [1.82, 2.24) is 5.43 Å². The van der Waals surface area contributed by atoms with Crippen LogP contribution in [0.4, 0.5) is 0 Å². The van der Waals surface area contributed by atoms with E-state index in [1.54, 1.807) is 45.6 Å². The summed E-state index contributed by atoms with van der Waals surface area (Å²) in [6.07, 6.45) is 1.52. The topological polar surface area (TPSA) is 69.2 Å². The molecule has 2 rings (SSSR count). The molecule has 0 aliphatic carbocycles. The van der Waals surface area contributed by atoms with Crippen molar-refractivity contribution in [3.8, 4) is 17.2 Å². The third kappa shape index (κ3) is 4.53. The van der Waals surface area contributed by atoms with Crippen molar-refractivity contribution in [2.24, 2.45) is 5.10 Å². The Bertz CT molecular complexity index is 758. The van der Waals surface area contributed by atoms with Crippen molar-refractivity contribution >= 4 is 12.1 Å². The highest BCUT2D eigenvalue weighted by Gasteiger charge is 2.12. The Morgan fingerprint density at radius 1 is 1.00 bits per heavy atom. The number of hydrogen-bond donors (Lipinski definition) is 1. The molecule has 2 aromatic carbocycles. The molecule has 0 atom stereocenters. The van der Waals surface area contributed by atoms with E-state index in [0.29, 0.717) is 34.3 Å². The summed E-state index contributed by atoms with van der Waals surface area (Å²) in [5, 5.41) is 4.01. The second-order valence-electron chi connectivity index (χ2n) is 5.93. The molecule has 0 unspecified atom stereocenters. The number of ether oxygens (including phenoxy) is 3. The minimum absolute atomic E-state index is 0.274. The van der Waals surface area contributed by atoms with Crippen molar-refractivity contribution in [1.29, 1.82) is 0 Å². The minimum atomic E-state index is -0.274. The molecule has 1 N–H and O–H groups in total. The molecule has 26 heavy (non-hydrogen) atoms. The molecule has 0 fully saturated rings. The van der Waals surface area contributed by atoms with E-state index in [2.05, 4.69) is 24.4 Å². The summed E-state index contributed by atoms with van der Waals surface area (Å²) in [6.45, 7) is 4.22. The van der Waals surface area contributed by atoms with Gasteiger partial charge in [-0.1, -0.05) is 26.0 Å². The maximum absolute atomic E-state index is 12.2. The first-order valence-corrected chi connectivity index (χ1v) is 8.23. The first kappa shape index (κ1) is 19.3. The summed E-state index contributed by atoms with van der Waals surface area (Å²) >= 11 is 0. The summed E-state index contributed by atoms with van der Waals surface area (Å²) in [5.41, 5.74) is 4.96. The molecule has 0 radical (unpaired) electrons. The van der Waals surface area contributed by atoms with E-state index in [0.717, 1.165) is 0 Å². The fraction of sp³-hybridized carbons (Fsp3) is 0.300. The van der Waals surface area contributed by atoms with Gasteiger partial charge in [0.15, 0.2) is 11.5 Å². The highest BCUT2D eigenvalue weighted by Crippen LogP contribution is 2.37. The lowest BCUT2D eigenvalue weighted by molar-refractivity contribution is 0.0955. The smallest absolute Gasteiger partial charge is 0.271 e. The van der Waals surface area contributed by atoms with E-state index in [9.17, 15) is 4.79 Å². The predicted octanol–water partition coefficient (Wildman–Crippen LogP) is 3.60. The number of rotatable bonds is 7. The number of hydrazone groups is 1. The summed E-state index contributed by atoms with van der Waals surface area (Å²) in [4.78, 5) is 12.2. The van der Waals surface area contributed by atoms with E-state index in [1.165, 1.54) is 11.8 Å². The Hall–Kier alpha value is -3.02. The molecule has 0 aromatic heterocycles. The minimum Gasteiger partial charge on any atom is -0.493 e. The zero-order valence-corrected chi connectivity index (χ0v) is 15.7. The Morgan fingerprint density at radius 2 is 1.58 bits per heavy atom. The van der Waals surface area contributed by atoms with Crippen LogP contribution in [0.5, 0.6) is 17.2 Å². The van der Waals surface area contributed by atoms with Crippen molar-refractivity contribution in [2.75, 3.05) is 21.3 Å². The quantitative estimate of drug-likeness (QED) is 0.608. The normalized spacial score (nSPS) is 10.8. The Labute approximate surface area is 153 Å². The number of nitrogens with zero attached hydrogens (tertiary/aromatic N) is 1. The van der Waals surface area contributed by atoms with Gasteiger partial charge < -0.3 is 14.2 Å². The number of amides is 1. The molecule has 1 amide bonds. The van der Waals surface area contributed by atoms with Gasteiger partial charge in [0.1, 0.15) is 0 Å². The average molecular weight is 356 g/mol. The van der Waals surface area contributed by atoms with Gasteiger partial charge in [0, 0.05) is 11.1 Å². The van der Waals surface area contributed by atoms with Crippen molar-refractivity contribution < 1.29 is 19.0 Å². The number of carbonyl (C=O) groups is 1. The van der Waals surface area contributed by atoms with Gasteiger partial charge in [0.2, 0.25) is 5.75 Å². The number of methoxy groups -OCH3 is 3. The van der Waals surface area contributed by atoms with E-state index in [1.807, 2.05) is 12.1 Å². The van der Waals surface area contributed by atoms with E-state index in [-0.39, 0.29) is 5.91 Å². The molecule has 0 saturated carbocycles. The maximum Gasteiger partial charge on any atom is 0.271 e. The zero-order valence-electron chi connectivity index (χ0n) is 15.7. The van der Waals surface area contributed by atoms with Gasteiger partial charge in [-0.25, -0.2) is 5.43 Å². The number of nitrogens with one attached hydrogen (secondary N) is 1. The Kier molecular flexibility index (Phi) is 6.60. The first-order chi connectivity index (χ1) is 12.5.